The highest BCUT2D eigenvalue weighted by Crippen LogP contribution is 2.32. The van der Waals surface area contributed by atoms with E-state index >= 15 is 0 Å². The van der Waals surface area contributed by atoms with Crippen molar-refractivity contribution in [2.24, 2.45) is 0 Å². The van der Waals surface area contributed by atoms with Gasteiger partial charge in [0, 0.05) is 17.8 Å². The molecule has 3 rings (SSSR count). The third-order valence-corrected chi connectivity index (χ3v) is 3.88. The fourth-order valence-corrected chi connectivity index (χ4v) is 2.51. The molecule has 0 amide bonds. The summed E-state index contributed by atoms with van der Waals surface area (Å²) >= 11 is 0. The summed E-state index contributed by atoms with van der Waals surface area (Å²) < 4.78 is 10.6. The number of fused-ring (bicyclic) bond motifs is 1. The van der Waals surface area contributed by atoms with E-state index in [-0.39, 0.29) is 11.3 Å². The van der Waals surface area contributed by atoms with E-state index in [1.807, 2.05) is 0 Å². The van der Waals surface area contributed by atoms with Crippen LogP contribution in [-0.2, 0) is 4.74 Å². The number of rotatable bonds is 4. The van der Waals surface area contributed by atoms with Crippen molar-refractivity contribution in [3.63, 3.8) is 0 Å². The maximum absolute atomic E-state index is 12.4. The Morgan fingerprint density at radius 1 is 1.12 bits per heavy atom. The van der Waals surface area contributed by atoms with Gasteiger partial charge in [-0.2, -0.15) is 0 Å². The SMILES string of the molecule is COc1ccc2c(O)c(C(=O)O[C@H](C)c3ccncc3)ccc2c1. The standard InChI is InChI=1S/C19H17NO4/c1-12(13-7-9-20-10-8-13)24-19(22)17-5-3-14-11-15(23-2)4-6-16(14)18(17)21/h3-12,21H,1-2H3/t12-/m1/s1. The number of methoxy groups -OCH3 is 1. The van der Waals surface area contributed by atoms with E-state index in [4.69, 9.17) is 9.47 Å². The predicted octanol–water partition coefficient (Wildman–Crippen LogP) is 3.87. The van der Waals surface area contributed by atoms with Crippen LogP contribution in [0.2, 0.25) is 0 Å². The number of hydrogen-bond acceptors (Lipinski definition) is 5. The molecule has 0 bridgehead atoms. The molecule has 0 unspecified atom stereocenters. The molecule has 0 fully saturated rings. The van der Waals surface area contributed by atoms with Gasteiger partial charge in [-0.15, -0.1) is 0 Å². The number of hydrogen-bond donors (Lipinski definition) is 1. The number of carbonyl (C=O) groups is 1. The summed E-state index contributed by atoms with van der Waals surface area (Å²) in [5.74, 6) is 0.0140. The van der Waals surface area contributed by atoms with Crippen molar-refractivity contribution in [1.29, 1.82) is 0 Å². The van der Waals surface area contributed by atoms with Crippen LogP contribution in [0.15, 0.2) is 54.9 Å². The summed E-state index contributed by atoms with van der Waals surface area (Å²) in [6, 6.07) is 12.1. The largest absolute Gasteiger partial charge is 0.506 e. The molecule has 1 N–H and O–H groups in total. The molecule has 1 atom stereocenters. The summed E-state index contributed by atoms with van der Waals surface area (Å²) in [5.41, 5.74) is 0.969. The molecule has 0 saturated carbocycles. The van der Waals surface area contributed by atoms with E-state index in [0.29, 0.717) is 11.1 Å². The fraction of sp³-hybridized carbons (Fsp3) is 0.158. The Hall–Kier alpha value is -3.08. The van der Waals surface area contributed by atoms with Crippen LogP contribution in [0.3, 0.4) is 0 Å². The van der Waals surface area contributed by atoms with Crippen LogP contribution >= 0.6 is 0 Å². The summed E-state index contributed by atoms with van der Waals surface area (Å²) in [7, 11) is 1.58. The number of aromatic nitrogens is 1. The first-order valence-corrected chi connectivity index (χ1v) is 7.51. The highest BCUT2D eigenvalue weighted by atomic mass is 16.5. The van der Waals surface area contributed by atoms with E-state index in [1.165, 1.54) is 0 Å². The van der Waals surface area contributed by atoms with Gasteiger partial charge in [0.15, 0.2) is 0 Å². The Labute approximate surface area is 139 Å². The minimum absolute atomic E-state index is 0.0953. The minimum Gasteiger partial charge on any atom is -0.506 e. The Morgan fingerprint density at radius 2 is 1.88 bits per heavy atom. The smallest absolute Gasteiger partial charge is 0.342 e. The second-order valence-corrected chi connectivity index (χ2v) is 5.38. The Morgan fingerprint density at radius 3 is 2.58 bits per heavy atom. The first kappa shape index (κ1) is 15.8. The van der Waals surface area contributed by atoms with Crippen molar-refractivity contribution in [1.82, 2.24) is 4.98 Å². The molecule has 0 spiro atoms. The van der Waals surface area contributed by atoms with Gasteiger partial charge in [0.1, 0.15) is 23.2 Å². The number of ether oxygens (including phenoxy) is 2. The number of aromatic hydroxyl groups is 1. The summed E-state index contributed by atoms with van der Waals surface area (Å²) in [6.07, 6.45) is 2.84. The van der Waals surface area contributed by atoms with Crippen molar-refractivity contribution in [3.8, 4) is 11.5 Å². The lowest BCUT2D eigenvalue weighted by atomic mass is 10.0. The van der Waals surface area contributed by atoms with Crippen molar-refractivity contribution < 1.29 is 19.4 Å². The lowest BCUT2D eigenvalue weighted by Gasteiger charge is -2.14. The molecule has 0 radical (unpaired) electrons. The van der Waals surface area contributed by atoms with Crippen LogP contribution in [0.5, 0.6) is 11.5 Å². The molecule has 2 aromatic carbocycles. The number of phenolic OH excluding ortho intramolecular Hbond substituents is 1. The molecule has 1 heterocycles. The van der Waals surface area contributed by atoms with Gasteiger partial charge in [0.2, 0.25) is 0 Å². The predicted molar refractivity (Wildman–Crippen MR) is 90.2 cm³/mol. The number of carbonyl (C=O) groups excluding carboxylic acids is 1. The number of esters is 1. The van der Waals surface area contributed by atoms with Crippen molar-refractivity contribution in [3.05, 3.63) is 66.0 Å². The summed E-state index contributed by atoms with van der Waals surface area (Å²) in [5, 5.41) is 11.8. The average Bonchev–Trinajstić information content (AvgIpc) is 2.62. The third-order valence-electron chi connectivity index (χ3n) is 3.88. The zero-order chi connectivity index (χ0) is 17.1. The highest BCUT2D eigenvalue weighted by molar-refractivity contribution is 6.01. The molecule has 1 aromatic heterocycles. The van der Waals surface area contributed by atoms with Crippen LogP contribution in [0.4, 0.5) is 0 Å². The zero-order valence-corrected chi connectivity index (χ0v) is 13.4. The van der Waals surface area contributed by atoms with Crippen molar-refractivity contribution in [2.45, 2.75) is 13.0 Å². The van der Waals surface area contributed by atoms with Gasteiger partial charge >= 0.3 is 5.97 Å². The van der Waals surface area contributed by atoms with E-state index < -0.39 is 12.1 Å². The number of nitrogens with zero attached hydrogens (tertiary/aromatic N) is 1. The molecule has 122 valence electrons. The van der Waals surface area contributed by atoms with Crippen LogP contribution < -0.4 is 4.74 Å². The van der Waals surface area contributed by atoms with Gasteiger partial charge in [-0.25, -0.2) is 4.79 Å². The molecular weight excluding hydrogens is 306 g/mol. The summed E-state index contributed by atoms with van der Waals surface area (Å²) in [4.78, 5) is 16.3. The zero-order valence-electron chi connectivity index (χ0n) is 13.4. The quantitative estimate of drug-likeness (QED) is 0.738. The monoisotopic (exact) mass is 323 g/mol. The van der Waals surface area contributed by atoms with Gasteiger partial charge in [-0.1, -0.05) is 6.07 Å². The van der Waals surface area contributed by atoms with E-state index in [9.17, 15) is 9.90 Å². The average molecular weight is 323 g/mol. The molecule has 24 heavy (non-hydrogen) atoms. The van der Waals surface area contributed by atoms with E-state index in [2.05, 4.69) is 4.98 Å². The van der Waals surface area contributed by atoms with Crippen molar-refractivity contribution in [2.75, 3.05) is 7.11 Å². The number of pyridine rings is 1. The minimum atomic E-state index is -0.575. The van der Waals surface area contributed by atoms with Gasteiger partial charge in [-0.3, -0.25) is 4.98 Å². The Balaban J connectivity index is 1.88. The van der Waals surface area contributed by atoms with Crippen LogP contribution in [0, 0.1) is 0 Å². The second-order valence-electron chi connectivity index (χ2n) is 5.38. The molecule has 0 saturated heterocycles. The van der Waals surface area contributed by atoms with Crippen LogP contribution in [-0.4, -0.2) is 23.2 Å². The molecule has 5 heteroatoms. The second kappa shape index (κ2) is 6.58. The van der Waals surface area contributed by atoms with Crippen LogP contribution in [0.25, 0.3) is 10.8 Å². The first-order valence-electron chi connectivity index (χ1n) is 7.51. The molecule has 0 aliphatic carbocycles. The first-order chi connectivity index (χ1) is 11.6. The topological polar surface area (TPSA) is 68.7 Å². The summed E-state index contributed by atoms with van der Waals surface area (Å²) in [6.45, 7) is 1.77. The Kier molecular flexibility index (Phi) is 4.33. The van der Waals surface area contributed by atoms with Crippen LogP contribution in [0.1, 0.15) is 28.9 Å². The Bertz CT molecular complexity index is 877. The number of phenols is 1. The lowest BCUT2D eigenvalue weighted by molar-refractivity contribution is 0.0335. The number of benzene rings is 2. The van der Waals surface area contributed by atoms with Gasteiger partial charge in [-0.05, 0) is 54.3 Å². The normalized spacial score (nSPS) is 11.9. The third kappa shape index (κ3) is 3.01. The molecule has 0 aliphatic heterocycles. The molecule has 3 aromatic rings. The maximum atomic E-state index is 12.4. The van der Waals surface area contributed by atoms with E-state index in [0.717, 1.165) is 10.9 Å². The highest BCUT2D eigenvalue weighted by Gasteiger charge is 2.18. The maximum Gasteiger partial charge on any atom is 0.342 e. The fourth-order valence-electron chi connectivity index (χ4n) is 2.51. The van der Waals surface area contributed by atoms with Gasteiger partial charge in [0.25, 0.3) is 0 Å². The van der Waals surface area contributed by atoms with Gasteiger partial charge < -0.3 is 14.6 Å². The molecule has 0 aliphatic rings. The van der Waals surface area contributed by atoms with E-state index in [1.54, 1.807) is 68.9 Å². The van der Waals surface area contributed by atoms with Crippen molar-refractivity contribution >= 4 is 16.7 Å². The molecule has 5 nitrogen and oxygen atoms in total. The molecular formula is C19H17NO4. The lowest BCUT2D eigenvalue weighted by Crippen LogP contribution is -2.09. The van der Waals surface area contributed by atoms with Gasteiger partial charge in [0.05, 0.1) is 7.11 Å².